The first-order chi connectivity index (χ1) is 8.47. The molecule has 0 bridgehead atoms. The van der Waals surface area contributed by atoms with Gasteiger partial charge in [-0.15, -0.1) is 0 Å². The second-order valence-corrected chi connectivity index (χ2v) is 3.76. The molecule has 18 heavy (non-hydrogen) atoms. The van der Waals surface area contributed by atoms with Crippen LogP contribution in [0.25, 0.3) is 11.1 Å². The molecule has 0 aliphatic carbocycles. The molecule has 5 heteroatoms. The summed E-state index contributed by atoms with van der Waals surface area (Å²) in [6.45, 7) is 0. The molecule has 3 nitrogen and oxygen atoms in total. The molecule has 0 spiro atoms. The van der Waals surface area contributed by atoms with E-state index >= 15 is 0 Å². The van der Waals surface area contributed by atoms with E-state index < -0.39 is 17.5 Å². The van der Waals surface area contributed by atoms with E-state index in [-0.39, 0.29) is 22.4 Å². The largest absolute Gasteiger partial charge is 0.508 e. The number of rotatable bonds is 2. The molecule has 2 aromatic carbocycles. The molecule has 92 valence electrons. The molecule has 0 atom stereocenters. The third-order valence-corrected chi connectivity index (χ3v) is 2.44. The van der Waals surface area contributed by atoms with E-state index in [0.29, 0.717) is 0 Å². The summed E-state index contributed by atoms with van der Waals surface area (Å²) in [5.74, 6) is -2.28. The topological polar surface area (TPSA) is 63.3 Å². The Kier molecular flexibility index (Phi) is 2.97. The van der Waals surface area contributed by atoms with Crippen LogP contribution >= 0.6 is 0 Å². The van der Waals surface area contributed by atoms with Crippen molar-refractivity contribution in [2.24, 2.45) is 5.73 Å². The number of carbonyl (C=O) groups excluding carboxylic acids is 1. The van der Waals surface area contributed by atoms with Gasteiger partial charge in [0.1, 0.15) is 17.4 Å². The van der Waals surface area contributed by atoms with Crippen LogP contribution in [-0.2, 0) is 0 Å². The number of aromatic hydroxyl groups is 1. The number of phenolic OH excluding ortho intramolecular Hbond substituents is 1. The van der Waals surface area contributed by atoms with Gasteiger partial charge in [-0.3, -0.25) is 4.79 Å². The van der Waals surface area contributed by atoms with Gasteiger partial charge in [0, 0.05) is 11.1 Å². The highest BCUT2D eigenvalue weighted by Crippen LogP contribution is 2.28. The lowest BCUT2D eigenvalue weighted by Gasteiger charge is -2.06. The molecule has 0 radical (unpaired) electrons. The molecule has 0 saturated carbocycles. The van der Waals surface area contributed by atoms with Crippen LogP contribution in [-0.4, -0.2) is 11.0 Å². The quantitative estimate of drug-likeness (QED) is 0.858. The highest BCUT2D eigenvalue weighted by atomic mass is 19.1. The second kappa shape index (κ2) is 4.44. The summed E-state index contributed by atoms with van der Waals surface area (Å²) in [6, 6.07) is 6.61. The Morgan fingerprint density at radius 2 is 1.83 bits per heavy atom. The van der Waals surface area contributed by atoms with E-state index in [2.05, 4.69) is 0 Å². The zero-order valence-electron chi connectivity index (χ0n) is 9.15. The molecule has 0 saturated heterocycles. The Labute approximate surface area is 101 Å². The predicted molar refractivity (Wildman–Crippen MR) is 62.0 cm³/mol. The summed E-state index contributed by atoms with van der Waals surface area (Å²) < 4.78 is 26.6. The Morgan fingerprint density at radius 1 is 1.11 bits per heavy atom. The minimum atomic E-state index is -0.760. The normalized spacial score (nSPS) is 10.3. The molecule has 0 aromatic heterocycles. The van der Waals surface area contributed by atoms with Gasteiger partial charge in [0.15, 0.2) is 0 Å². The lowest BCUT2D eigenvalue weighted by Crippen LogP contribution is -2.10. The number of hydrogen-bond acceptors (Lipinski definition) is 2. The molecule has 0 heterocycles. The maximum atomic E-state index is 13.6. The first-order valence-corrected chi connectivity index (χ1v) is 5.06. The average molecular weight is 249 g/mol. The smallest absolute Gasteiger partial charge is 0.248 e. The van der Waals surface area contributed by atoms with Gasteiger partial charge in [-0.05, 0) is 42.0 Å². The van der Waals surface area contributed by atoms with Crippen molar-refractivity contribution in [2.75, 3.05) is 0 Å². The number of phenols is 1. The Bertz CT molecular complexity index is 626. The lowest BCUT2D eigenvalue weighted by atomic mass is 10.0. The van der Waals surface area contributed by atoms with Crippen molar-refractivity contribution in [3.8, 4) is 16.9 Å². The summed E-state index contributed by atoms with van der Waals surface area (Å²) in [4.78, 5) is 11.0. The summed E-state index contributed by atoms with van der Waals surface area (Å²) in [5.41, 5.74) is 5.24. The Morgan fingerprint density at radius 3 is 2.50 bits per heavy atom. The molecule has 2 aromatic rings. The molecule has 3 N–H and O–H groups in total. The number of primary amides is 1. The molecule has 0 aliphatic heterocycles. The number of halogens is 2. The molecular formula is C13H9F2NO2. The zero-order valence-corrected chi connectivity index (χ0v) is 9.15. The minimum Gasteiger partial charge on any atom is -0.508 e. The highest BCUT2D eigenvalue weighted by molar-refractivity contribution is 5.94. The molecule has 0 fully saturated rings. The van der Waals surface area contributed by atoms with E-state index in [1.54, 1.807) is 0 Å². The summed E-state index contributed by atoms with van der Waals surface area (Å²) >= 11 is 0. The van der Waals surface area contributed by atoms with E-state index in [9.17, 15) is 18.7 Å². The van der Waals surface area contributed by atoms with Crippen molar-refractivity contribution >= 4 is 5.91 Å². The Hall–Kier alpha value is -2.43. The third kappa shape index (κ3) is 2.29. The summed E-state index contributed by atoms with van der Waals surface area (Å²) in [5, 5.41) is 9.44. The number of benzene rings is 2. The fourth-order valence-corrected chi connectivity index (χ4v) is 1.63. The van der Waals surface area contributed by atoms with E-state index in [0.717, 1.165) is 24.3 Å². The van der Waals surface area contributed by atoms with Crippen molar-refractivity contribution in [1.29, 1.82) is 0 Å². The van der Waals surface area contributed by atoms with Crippen molar-refractivity contribution in [3.05, 3.63) is 53.6 Å². The maximum absolute atomic E-state index is 13.6. The van der Waals surface area contributed by atoms with Crippen LogP contribution in [0, 0.1) is 11.6 Å². The average Bonchev–Trinajstić information content (AvgIpc) is 2.31. The van der Waals surface area contributed by atoms with Crippen molar-refractivity contribution < 1.29 is 18.7 Å². The van der Waals surface area contributed by atoms with Crippen molar-refractivity contribution in [1.82, 2.24) is 0 Å². The standard InChI is InChI=1S/C13H9F2NO2/c14-9-1-2-12(15)11(6-9)7-3-8(13(16)18)5-10(17)4-7/h1-6,17H,(H2,16,18). The number of nitrogens with two attached hydrogens (primary N) is 1. The molecule has 0 unspecified atom stereocenters. The molecule has 2 rings (SSSR count). The number of hydrogen-bond donors (Lipinski definition) is 2. The summed E-state index contributed by atoms with van der Waals surface area (Å²) in [7, 11) is 0. The van der Waals surface area contributed by atoms with Crippen LogP contribution in [0.5, 0.6) is 5.75 Å². The van der Waals surface area contributed by atoms with Crippen molar-refractivity contribution in [3.63, 3.8) is 0 Å². The highest BCUT2D eigenvalue weighted by Gasteiger charge is 2.11. The van der Waals surface area contributed by atoms with Gasteiger partial charge >= 0.3 is 0 Å². The predicted octanol–water partition coefficient (Wildman–Crippen LogP) is 2.44. The molecular weight excluding hydrogens is 240 g/mol. The minimum absolute atomic E-state index is 0.0219. The second-order valence-electron chi connectivity index (χ2n) is 3.76. The molecule has 1 amide bonds. The fourth-order valence-electron chi connectivity index (χ4n) is 1.63. The lowest BCUT2D eigenvalue weighted by molar-refractivity contribution is 0.1000. The first kappa shape index (κ1) is 12.0. The van der Waals surface area contributed by atoms with Gasteiger partial charge in [0.2, 0.25) is 5.91 Å². The van der Waals surface area contributed by atoms with Crippen LogP contribution in [0.2, 0.25) is 0 Å². The fraction of sp³-hybridized carbons (Fsp3) is 0. The van der Waals surface area contributed by atoms with Gasteiger partial charge in [0.25, 0.3) is 0 Å². The van der Waals surface area contributed by atoms with Crippen molar-refractivity contribution in [2.45, 2.75) is 0 Å². The van der Waals surface area contributed by atoms with Crippen LogP contribution in [0.4, 0.5) is 8.78 Å². The van der Waals surface area contributed by atoms with Crippen LogP contribution < -0.4 is 5.73 Å². The zero-order chi connectivity index (χ0) is 13.3. The molecule has 0 aliphatic rings. The van der Waals surface area contributed by atoms with E-state index in [4.69, 9.17) is 5.73 Å². The third-order valence-electron chi connectivity index (χ3n) is 2.44. The SMILES string of the molecule is NC(=O)c1cc(O)cc(-c2cc(F)ccc2F)c1. The van der Waals surface area contributed by atoms with Crippen LogP contribution in [0.3, 0.4) is 0 Å². The number of amides is 1. The van der Waals surface area contributed by atoms with Gasteiger partial charge in [-0.1, -0.05) is 0 Å². The van der Waals surface area contributed by atoms with Gasteiger partial charge in [-0.2, -0.15) is 0 Å². The monoisotopic (exact) mass is 249 g/mol. The van der Waals surface area contributed by atoms with E-state index in [1.165, 1.54) is 12.1 Å². The Balaban J connectivity index is 2.63. The van der Waals surface area contributed by atoms with Crippen LogP contribution in [0.15, 0.2) is 36.4 Å². The van der Waals surface area contributed by atoms with Gasteiger partial charge in [0.05, 0.1) is 0 Å². The van der Waals surface area contributed by atoms with Gasteiger partial charge in [-0.25, -0.2) is 8.78 Å². The maximum Gasteiger partial charge on any atom is 0.248 e. The first-order valence-electron chi connectivity index (χ1n) is 5.06. The number of carbonyl (C=O) groups is 1. The summed E-state index contributed by atoms with van der Waals surface area (Å²) in [6.07, 6.45) is 0. The van der Waals surface area contributed by atoms with E-state index in [1.807, 2.05) is 0 Å². The van der Waals surface area contributed by atoms with Gasteiger partial charge < -0.3 is 10.8 Å². The van der Waals surface area contributed by atoms with Crippen LogP contribution in [0.1, 0.15) is 10.4 Å².